The number of nitrogens with one attached hydrogen (secondary N) is 1. The predicted molar refractivity (Wildman–Crippen MR) is 50.7 cm³/mol. The molecule has 0 aliphatic rings. The summed E-state index contributed by atoms with van der Waals surface area (Å²) < 4.78 is 0. The molecule has 0 aliphatic heterocycles. The van der Waals surface area contributed by atoms with E-state index in [0.717, 1.165) is 11.8 Å². The summed E-state index contributed by atoms with van der Waals surface area (Å²) in [5.41, 5.74) is 2.55. The molecule has 0 atom stereocenters. The number of nitrogens with zero attached hydrogens (tertiary/aromatic N) is 1. The van der Waals surface area contributed by atoms with Crippen LogP contribution in [0, 0.1) is 12.3 Å². The van der Waals surface area contributed by atoms with Crippen molar-refractivity contribution in [1.29, 1.82) is 5.41 Å². The molecule has 0 heterocycles. The van der Waals surface area contributed by atoms with Crippen LogP contribution in [0.25, 0.3) is 0 Å². The lowest BCUT2D eigenvalue weighted by Crippen LogP contribution is -2.04. The molecule has 0 radical (unpaired) electrons. The van der Waals surface area contributed by atoms with Crippen LogP contribution in [0.1, 0.15) is 11.1 Å². The van der Waals surface area contributed by atoms with Crippen LogP contribution in [0.3, 0.4) is 0 Å². The number of aryl methyl sites for hydroxylation is 1. The zero-order valence-electron chi connectivity index (χ0n) is 6.91. The Kier molecular flexibility index (Phi) is 2.58. The highest BCUT2D eigenvalue weighted by molar-refractivity contribution is 6.37. The minimum Gasteiger partial charge on any atom is -0.323 e. The Morgan fingerprint density at radius 3 is 2.42 bits per heavy atom. The Balaban J connectivity index is 3.04. The number of rotatable bonds is 2. The van der Waals surface area contributed by atoms with E-state index in [9.17, 15) is 0 Å². The summed E-state index contributed by atoms with van der Waals surface area (Å²) in [6, 6.07) is 7.71. The normalized spacial score (nSPS) is 11.2. The number of nitrogens with two attached hydrogens (primary N) is 1. The first kappa shape index (κ1) is 8.46. The van der Waals surface area contributed by atoms with Crippen molar-refractivity contribution in [2.45, 2.75) is 6.92 Å². The third-order valence-electron chi connectivity index (χ3n) is 1.62. The fourth-order valence-electron chi connectivity index (χ4n) is 0.919. The van der Waals surface area contributed by atoms with Crippen LogP contribution in [-0.2, 0) is 0 Å². The van der Waals surface area contributed by atoms with E-state index in [1.165, 1.54) is 5.56 Å². The smallest absolute Gasteiger partial charge is 0.107 e. The molecular weight excluding hydrogens is 150 g/mol. The lowest BCUT2D eigenvalue weighted by atomic mass is 10.1. The highest BCUT2D eigenvalue weighted by atomic mass is 15.1. The van der Waals surface area contributed by atoms with Gasteiger partial charge in [0.2, 0.25) is 0 Å². The molecule has 0 amide bonds. The fraction of sp³-hybridized carbons (Fsp3) is 0.111. The maximum absolute atomic E-state index is 7.02. The van der Waals surface area contributed by atoms with Crippen molar-refractivity contribution < 1.29 is 0 Å². The molecule has 12 heavy (non-hydrogen) atoms. The topological polar surface area (TPSA) is 62.2 Å². The van der Waals surface area contributed by atoms with Gasteiger partial charge >= 0.3 is 0 Å². The number of hydrazone groups is 1. The quantitative estimate of drug-likeness (QED) is 0.383. The van der Waals surface area contributed by atoms with Crippen LogP contribution in [0.4, 0.5) is 0 Å². The van der Waals surface area contributed by atoms with E-state index in [-0.39, 0.29) is 0 Å². The van der Waals surface area contributed by atoms with Gasteiger partial charge in [0, 0.05) is 11.8 Å². The molecule has 3 heteroatoms. The van der Waals surface area contributed by atoms with Crippen LogP contribution in [0.5, 0.6) is 0 Å². The molecule has 1 aromatic rings. The zero-order valence-corrected chi connectivity index (χ0v) is 6.91. The molecule has 3 N–H and O–H groups in total. The first-order valence-electron chi connectivity index (χ1n) is 3.63. The van der Waals surface area contributed by atoms with E-state index in [2.05, 4.69) is 5.10 Å². The fourth-order valence-corrected chi connectivity index (χ4v) is 0.919. The third-order valence-corrected chi connectivity index (χ3v) is 1.62. The molecule has 3 nitrogen and oxygen atoms in total. The average Bonchev–Trinajstić information content (AvgIpc) is 2.10. The van der Waals surface area contributed by atoms with Crippen LogP contribution >= 0.6 is 0 Å². The van der Waals surface area contributed by atoms with Crippen LogP contribution in [-0.4, -0.2) is 11.9 Å². The van der Waals surface area contributed by atoms with Crippen molar-refractivity contribution in [3.63, 3.8) is 0 Å². The van der Waals surface area contributed by atoms with Gasteiger partial charge in [-0.25, -0.2) is 0 Å². The van der Waals surface area contributed by atoms with Crippen molar-refractivity contribution in [3.8, 4) is 0 Å². The molecule has 0 aromatic heterocycles. The first-order chi connectivity index (χ1) is 5.77. The summed E-state index contributed by atoms with van der Waals surface area (Å²) >= 11 is 0. The van der Waals surface area contributed by atoms with E-state index >= 15 is 0 Å². The molecule has 0 aliphatic carbocycles. The van der Waals surface area contributed by atoms with Gasteiger partial charge in [0.15, 0.2) is 0 Å². The molecule has 0 saturated heterocycles. The number of hydrogen-bond donors (Lipinski definition) is 2. The van der Waals surface area contributed by atoms with Gasteiger partial charge in [0.25, 0.3) is 0 Å². The summed E-state index contributed by atoms with van der Waals surface area (Å²) in [4.78, 5) is 0. The Bertz CT molecular complexity index is 298. The SMILES string of the molecule is Cc1ccc(/C(C=N)=N/N)cc1. The molecular formula is C9H11N3. The molecule has 1 aromatic carbocycles. The summed E-state index contributed by atoms with van der Waals surface area (Å²) in [5, 5.41) is 10.5. The Labute approximate surface area is 71.4 Å². The van der Waals surface area contributed by atoms with Crippen LogP contribution in [0.2, 0.25) is 0 Å². The first-order valence-corrected chi connectivity index (χ1v) is 3.63. The molecule has 0 bridgehead atoms. The van der Waals surface area contributed by atoms with Gasteiger partial charge in [0.1, 0.15) is 5.71 Å². The second kappa shape index (κ2) is 3.67. The highest BCUT2D eigenvalue weighted by Crippen LogP contribution is 2.03. The predicted octanol–water partition coefficient (Wildman–Crippen LogP) is 1.31. The van der Waals surface area contributed by atoms with Gasteiger partial charge in [-0.2, -0.15) is 5.10 Å². The van der Waals surface area contributed by atoms with Gasteiger partial charge in [-0.1, -0.05) is 29.8 Å². The number of benzene rings is 1. The summed E-state index contributed by atoms with van der Waals surface area (Å²) in [6.07, 6.45) is 1.14. The molecule has 0 fully saturated rings. The van der Waals surface area contributed by atoms with Gasteiger partial charge in [-0.05, 0) is 6.92 Å². The van der Waals surface area contributed by atoms with E-state index in [1.54, 1.807) is 0 Å². The summed E-state index contributed by atoms with van der Waals surface area (Å²) in [7, 11) is 0. The van der Waals surface area contributed by atoms with E-state index < -0.39 is 0 Å². The maximum atomic E-state index is 7.02. The minimum absolute atomic E-state index is 0.495. The molecule has 0 unspecified atom stereocenters. The van der Waals surface area contributed by atoms with Gasteiger partial charge in [-0.3, -0.25) is 0 Å². The second-order valence-corrected chi connectivity index (χ2v) is 2.52. The summed E-state index contributed by atoms with van der Waals surface area (Å²) in [6.45, 7) is 2.01. The Morgan fingerprint density at radius 1 is 1.42 bits per heavy atom. The monoisotopic (exact) mass is 161 g/mol. The lowest BCUT2D eigenvalue weighted by Gasteiger charge is -1.98. The average molecular weight is 161 g/mol. The summed E-state index contributed by atoms with van der Waals surface area (Å²) in [5.74, 6) is 5.09. The van der Waals surface area contributed by atoms with Crippen molar-refractivity contribution in [2.24, 2.45) is 10.9 Å². The Hall–Kier alpha value is -1.64. The lowest BCUT2D eigenvalue weighted by molar-refractivity contribution is 1.25. The maximum Gasteiger partial charge on any atom is 0.107 e. The van der Waals surface area contributed by atoms with Gasteiger partial charge in [0.05, 0.1) is 0 Å². The minimum atomic E-state index is 0.495. The molecule has 0 spiro atoms. The Morgan fingerprint density at radius 2 is 2.00 bits per heavy atom. The van der Waals surface area contributed by atoms with Gasteiger partial charge in [-0.15, -0.1) is 0 Å². The number of hydrogen-bond acceptors (Lipinski definition) is 3. The standard InChI is InChI=1S/C9H11N3/c1-7-2-4-8(5-3-7)9(6-10)12-11/h2-6,10H,11H2,1H3/b10-6?,12-9+. The van der Waals surface area contributed by atoms with Crippen molar-refractivity contribution in [1.82, 2.24) is 0 Å². The van der Waals surface area contributed by atoms with Gasteiger partial charge < -0.3 is 11.3 Å². The van der Waals surface area contributed by atoms with E-state index in [4.69, 9.17) is 11.3 Å². The second-order valence-electron chi connectivity index (χ2n) is 2.52. The third kappa shape index (κ3) is 1.69. The van der Waals surface area contributed by atoms with Crippen molar-refractivity contribution >= 4 is 11.9 Å². The van der Waals surface area contributed by atoms with E-state index in [1.807, 2.05) is 31.2 Å². The van der Waals surface area contributed by atoms with Crippen molar-refractivity contribution in [2.75, 3.05) is 0 Å². The molecule has 0 saturated carbocycles. The molecule has 62 valence electrons. The molecule has 1 rings (SSSR count). The van der Waals surface area contributed by atoms with E-state index in [0.29, 0.717) is 5.71 Å². The van der Waals surface area contributed by atoms with Crippen LogP contribution < -0.4 is 5.84 Å². The largest absolute Gasteiger partial charge is 0.323 e. The zero-order chi connectivity index (χ0) is 8.97. The van der Waals surface area contributed by atoms with Crippen molar-refractivity contribution in [3.05, 3.63) is 35.4 Å². The van der Waals surface area contributed by atoms with Crippen LogP contribution in [0.15, 0.2) is 29.4 Å². The highest BCUT2D eigenvalue weighted by Gasteiger charge is 1.97.